The molecule has 0 saturated carbocycles. The summed E-state index contributed by atoms with van der Waals surface area (Å²) in [4.78, 5) is 14.8. The Bertz CT molecular complexity index is 529. The maximum absolute atomic E-state index is 10.8. The molecule has 2 rings (SSSR count). The lowest BCUT2D eigenvalue weighted by atomic mass is 10.3. The Morgan fingerprint density at radius 2 is 2.31 bits per heavy atom. The van der Waals surface area contributed by atoms with Crippen LogP contribution in [0.2, 0.25) is 0 Å². The minimum absolute atomic E-state index is 0.0406. The van der Waals surface area contributed by atoms with Crippen molar-refractivity contribution in [2.75, 3.05) is 0 Å². The smallest absolute Gasteiger partial charge is 0.358 e. The quantitative estimate of drug-likeness (QED) is 0.818. The van der Waals surface area contributed by atoms with E-state index in [2.05, 4.69) is 15.3 Å². The highest BCUT2D eigenvalue weighted by molar-refractivity contribution is 5.86. The molecule has 7 nitrogen and oxygen atoms in total. The molecule has 2 aromatic rings. The Balaban J connectivity index is 2.29. The van der Waals surface area contributed by atoms with Crippen molar-refractivity contribution in [3.63, 3.8) is 0 Å². The van der Waals surface area contributed by atoms with Crippen molar-refractivity contribution in [3.8, 4) is 0 Å². The van der Waals surface area contributed by atoms with Crippen LogP contribution in [0.3, 0.4) is 0 Å². The van der Waals surface area contributed by atoms with Crippen LogP contribution in [0.4, 0.5) is 0 Å². The van der Waals surface area contributed by atoms with E-state index in [1.54, 1.807) is 13.8 Å². The van der Waals surface area contributed by atoms with Gasteiger partial charge in [0.15, 0.2) is 12.1 Å². The lowest BCUT2D eigenvalue weighted by Crippen LogP contribution is -2.06. The molecule has 0 fully saturated rings. The third-order valence-corrected chi connectivity index (χ3v) is 2.33. The molecule has 0 saturated heterocycles. The van der Waals surface area contributed by atoms with E-state index in [0.29, 0.717) is 23.7 Å². The third kappa shape index (κ3) is 1.67. The van der Waals surface area contributed by atoms with Gasteiger partial charge in [0.25, 0.3) is 0 Å². The maximum Gasteiger partial charge on any atom is 0.358 e. The number of oxazole rings is 1. The van der Waals surface area contributed by atoms with Gasteiger partial charge in [-0.15, -0.1) is 5.10 Å². The van der Waals surface area contributed by atoms with Crippen LogP contribution in [0.15, 0.2) is 10.8 Å². The fraction of sp³-hybridized carbons (Fsp3) is 0.333. The fourth-order valence-electron chi connectivity index (χ4n) is 1.33. The van der Waals surface area contributed by atoms with Gasteiger partial charge < -0.3 is 9.52 Å². The van der Waals surface area contributed by atoms with Crippen LogP contribution in [0.5, 0.6) is 0 Å². The summed E-state index contributed by atoms with van der Waals surface area (Å²) in [6.07, 6.45) is 1.34. The summed E-state index contributed by atoms with van der Waals surface area (Å²) in [6, 6.07) is 0. The number of aryl methyl sites for hydroxylation is 1. The molecular weight excluding hydrogens is 212 g/mol. The van der Waals surface area contributed by atoms with E-state index in [1.165, 1.54) is 11.1 Å². The number of hydrogen-bond donors (Lipinski definition) is 1. The molecule has 84 valence electrons. The summed E-state index contributed by atoms with van der Waals surface area (Å²) in [7, 11) is 0. The summed E-state index contributed by atoms with van der Waals surface area (Å²) >= 11 is 0. The van der Waals surface area contributed by atoms with Gasteiger partial charge in [-0.25, -0.2) is 14.5 Å². The molecule has 0 aromatic carbocycles. The van der Waals surface area contributed by atoms with Gasteiger partial charge in [-0.1, -0.05) is 5.21 Å². The van der Waals surface area contributed by atoms with Crippen LogP contribution in [0.1, 0.15) is 27.6 Å². The van der Waals surface area contributed by atoms with Crippen LogP contribution in [0, 0.1) is 13.8 Å². The molecule has 0 amide bonds. The second-order valence-corrected chi connectivity index (χ2v) is 3.34. The Morgan fingerprint density at radius 3 is 2.81 bits per heavy atom. The molecule has 0 spiro atoms. The minimum Gasteiger partial charge on any atom is -0.476 e. The molecule has 0 aliphatic heterocycles. The summed E-state index contributed by atoms with van der Waals surface area (Å²) < 4.78 is 6.52. The topological polar surface area (TPSA) is 94.0 Å². The summed E-state index contributed by atoms with van der Waals surface area (Å²) in [5, 5.41) is 16.1. The molecule has 2 aromatic heterocycles. The van der Waals surface area contributed by atoms with Gasteiger partial charge in [-0.2, -0.15) is 0 Å². The van der Waals surface area contributed by atoms with Gasteiger partial charge in [-0.3, -0.25) is 0 Å². The van der Waals surface area contributed by atoms with Gasteiger partial charge in [-0.05, 0) is 13.8 Å². The Kier molecular flexibility index (Phi) is 2.43. The van der Waals surface area contributed by atoms with Crippen molar-refractivity contribution < 1.29 is 14.3 Å². The molecule has 1 N–H and O–H groups in total. The normalized spacial score (nSPS) is 10.6. The summed E-state index contributed by atoms with van der Waals surface area (Å²) in [5.74, 6) is -0.396. The third-order valence-electron chi connectivity index (χ3n) is 2.33. The summed E-state index contributed by atoms with van der Waals surface area (Å²) in [5.41, 5.74) is 1.17. The van der Waals surface area contributed by atoms with Gasteiger partial charge in [0.2, 0.25) is 0 Å². The van der Waals surface area contributed by atoms with Crippen molar-refractivity contribution in [3.05, 3.63) is 29.2 Å². The van der Waals surface area contributed by atoms with Crippen molar-refractivity contribution in [2.45, 2.75) is 20.4 Å². The predicted molar refractivity (Wildman–Crippen MR) is 52.1 cm³/mol. The average molecular weight is 222 g/mol. The number of nitrogens with zero attached hydrogens (tertiary/aromatic N) is 4. The van der Waals surface area contributed by atoms with E-state index in [1.807, 2.05) is 0 Å². The van der Waals surface area contributed by atoms with Gasteiger partial charge in [0.05, 0.1) is 12.2 Å². The summed E-state index contributed by atoms with van der Waals surface area (Å²) in [6.45, 7) is 3.79. The molecule has 2 heterocycles. The highest BCUT2D eigenvalue weighted by atomic mass is 16.4. The molecular formula is C9H10N4O3. The zero-order valence-corrected chi connectivity index (χ0v) is 8.84. The Labute approximate surface area is 90.7 Å². The van der Waals surface area contributed by atoms with Crippen molar-refractivity contribution in [2.24, 2.45) is 0 Å². The lowest BCUT2D eigenvalue weighted by molar-refractivity contribution is 0.0689. The van der Waals surface area contributed by atoms with Crippen molar-refractivity contribution in [1.29, 1.82) is 0 Å². The first-order valence-corrected chi connectivity index (χ1v) is 4.62. The van der Waals surface area contributed by atoms with Crippen LogP contribution in [0.25, 0.3) is 0 Å². The molecule has 0 aliphatic rings. The Morgan fingerprint density at radius 1 is 1.56 bits per heavy atom. The number of aromatic nitrogens is 4. The molecule has 0 atom stereocenters. The van der Waals surface area contributed by atoms with Gasteiger partial charge >= 0.3 is 5.97 Å². The number of hydrogen-bond acceptors (Lipinski definition) is 5. The van der Waals surface area contributed by atoms with E-state index in [9.17, 15) is 4.79 Å². The van der Waals surface area contributed by atoms with E-state index in [0.717, 1.165) is 0 Å². The van der Waals surface area contributed by atoms with E-state index in [-0.39, 0.29) is 5.69 Å². The molecule has 0 bridgehead atoms. The molecule has 0 radical (unpaired) electrons. The average Bonchev–Trinajstić information content (AvgIpc) is 2.76. The van der Waals surface area contributed by atoms with Crippen molar-refractivity contribution >= 4 is 5.97 Å². The number of carbonyl (C=O) groups is 1. The fourth-order valence-corrected chi connectivity index (χ4v) is 1.33. The lowest BCUT2D eigenvalue weighted by Gasteiger charge is -2.00. The number of carboxylic acids is 1. The Hall–Kier alpha value is -2.18. The monoisotopic (exact) mass is 222 g/mol. The first-order chi connectivity index (χ1) is 7.59. The SMILES string of the molecule is Cc1ocnc1Cn1nnc(C(=O)O)c1C. The van der Waals surface area contributed by atoms with Gasteiger partial charge in [0.1, 0.15) is 11.5 Å². The van der Waals surface area contributed by atoms with Crippen LogP contribution in [-0.2, 0) is 6.54 Å². The zero-order valence-electron chi connectivity index (χ0n) is 8.84. The standard InChI is InChI=1S/C9H10N4O3/c1-5-8(9(14)15)11-12-13(5)3-7-6(2)16-4-10-7/h4H,3H2,1-2H3,(H,14,15). The number of rotatable bonds is 3. The van der Waals surface area contributed by atoms with E-state index >= 15 is 0 Å². The first-order valence-electron chi connectivity index (χ1n) is 4.62. The van der Waals surface area contributed by atoms with E-state index < -0.39 is 5.97 Å². The van der Waals surface area contributed by atoms with Crippen LogP contribution < -0.4 is 0 Å². The maximum atomic E-state index is 10.8. The van der Waals surface area contributed by atoms with Crippen molar-refractivity contribution in [1.82, 2.24) is 20.0 Å². The predicted octanol–water partition coefficient (Wildman–Crippen LogP) is 0.629. The van der Waals surface area contributed by atoms with Crippen LogP contribution in [-0.4, -0.2) is 31.1 Å². The van der Waals surface area contributed by atoms with Crippen LogP contribution >= 0.6 is 0 Å². The molecule has 7 heteroatoms. The minimum atomic E-state index is -1.08. The first kappa shape index (κ1) is 10.3. The highest BCUT2D eigenvalue weighted by Crippen LogP contribution is 2.09. The molecule has 0 unspecified atom stereocenters. The molecule has 0 aliphatic carbocycles. The second-order valence-electron chi connectivity index (χ2n) is 3.34. The van der Waals surface area contributed by atoms with Gasteiger partial charge in [0, 0.05) is 0 Å². The molecule has 16 heavy (non-hydrogen) atoms. The van der Waals surface area contributed by atoms with E-state index in [4.69, 9.17) is 9.52 Å². The highest BCUT2D eigenvalue weighted by Gasteiger charge is 2.16. The zero-order chi connectivity index (χ0) is 11.7. The second kappa shape index (κ2) is 3.76. The number of carboxylic acid groups (broad SMARTS) is 1. The number of aromatic carboxylic acids is 1. The largest absolute Gasteiger partial charge is 0.476 e.